The summed E-state index contributed by atoms with van der Waals surface area (Å²) in [7, 11) is 0. The van der Waals surface area contributed by atoms with Gasteiger partial charge >= 0.3 is 0 Å². The fraction of sp³-hybridized carbons (Fsp3) is 0.625. The highest BCUT2D eigenvalue weighted by Gasteiger charge is 2.40. The summed E-state index contributed by atoms with van der Waals surface area (Å²) in [6, 6.07) is 5.26. The van der Waals surface area contributed by atoms with Crippen molar-refractivity contribution >= 4 is 15.9 Å². The van der Waals surface area contributed by atoms with Gasteiger partial charge in [-0.1, -0.05) is 42.8 Å². The molecule has 0 aliphatic heterocycles. The van der Waals surface area contributed by atoms with Crippen LogP contribution in [0.5, 0.6) is 0 Å². The minimum Gasteiger partial charge on any atom is -0.325 e. The number of rotatable bonds is 2. The molecule has 0 heterocycles. The Labute approximate surface area is 123 Å². The summed E-state index contributed by atoms with van der Waals surface area (Å²) in [6.45, 7) is 6.78. The maximum Gasteiger partial charge on any atom is 0.127 e. The third-order valence-electron chi connectivity index (χ3n) is 4.04. The fourth-order valence-corrected chi connectivity index (χ4v) is 4.32. The van der Waals surface area contributed by atoms with Crippen LogP contribution in [0.2, 0.25) is 0 Å². The van der Waals surface area contributed by atoms with Crippen molar-refractivity contribution < 1.29 is 4.39 Å². The van der Waals surface area contributed by atoms with E-state index >= 15 is 0 Å². The highest BCUT2D eigenvalue weighted by molar-refractivity contribution is 9.10. The van der Waals surface area contributed by atoms with Crippen LogP contribution in [0, 0.1) is 17.2 Å². The van der Waals surface area contributed by atoms with Crippen molar-refractivity contribution in [2.24, 2.45) is 17.1 Å². The molecule has 2 rings (SSSR count). The molecule has 1 fully saturated rings. The normalized spacial score (nSPS) is 30.3. The lowest BCUT2D eigenvalue weighted by molar-refractivity contribution is 0.107. The molecule has 1 aromatic carbocycles. The van der Waals surface area contributed by atoms with Crippen molar-refractivity contribution in [3.63, 3.8) is 0 Å². The van der Waals surface area contributed by atoms with E-state index in [0.717, 1.165) is 22.9 Å². The molecular weight excluding hydrogens is 305 g/mol. The van der Waals surface area contributed by atoms with Gasteiger partial charge in [0.2, 0.25) is 0 Å². The minimum absolute atomic E-state index is 0.157. The molecular formula is C16H23BrFN. The molecule has 1 aliphatic rings. The summed E-state index contributed by atoms with van der Waals surface area (Å²) >= 11 is 3.29. The van der Waals surface area contributed by atoms with Crippen molar-refractivity contribution in [1.82, 2.24) is 0 Å². The minimum atomic E-state index is -0.282. The summed E-state index contributed by atoms with van der Waals surface area (Å²) < 4.78 is 14.8. The molecule has 19 heavy (non-hydrogen) atoms. The molecule has 0 spiro atoms. The van der Waals surface area contributed by atoms with Crippen molar-refractivity contribution in [2.75, 3.05) is 0 Å². The molecule has 2 N–H and O–H groups in total. The fourth-order valence-electron chi connectivity index (χ4n) is 3.99. The summed E-state index contributed by atoms with van der Waals surface area (Å²) in [6.07, 6.45) is 3.76. The van der Waals surface area contributed by atoms with Gasteiger partial charge in [0.05, 0.1) is 0 Å². The van der Waals surface area contributed by atoms with E-state index in [1.165, 1.54) is 12.5 Å². The van der Waals surface area contributed by atoms with Crippen LogP contribution in [0.15, 0.2) is 22.7 Å². The van der Waals surface area contributed by atoms with Crippen molar-refractivity contribution in [3.8, 4) is 0 Å². The van der Waals surface area contributed by atoms with Crippen molar-refractivity contribution in [2.45, 2.75) is 52.0 Å². The third kappa shape index (κ3) is 3.79. The Hall–Kier alpha value is -0.410. The van der Waals surface area contributed by atoms with Crippen molar-refractivity contribution in [3.05, 3.63) is 34.1 Å². The SMILES string of the molecule is CC1CC(C)(C)CC(N)(Cc2ccc(Br)cc2F)C1. The average molecular weight is 328 g/mol. The van der Waals surface area contributed by atoms with Gasteiger partial charge < -0.3 is 5.73 Å². The zero-order chi connectivity index (χ0) is 14.3. The van der Waals surface area contributed by atoms with E-state index in [4.69, 9.17) is 5.73 Å². The van der Waals surface area contributed by atoms with Gasteiger partial charge in [0.1, 0.15) is 5.82 Å². The quantitative estimate of drug-likeness (QED) is 0.838. The molecule has 106 valence electrons. The average Bonchev–Trinajstić information content (AvgIpc) is 2.18. The predicted molar refractivity (Wildman–Crippen MR) is 81.5 cm³/mol. The molecule has 1 nitrogen and oxygen atoms in total. The zero-order valence-electron chi connectivity index (χ0n) is 12.0. The van der Waals surface area contributed by atoms with Gasteiger partial charge in [0.15, 0.2) is 0 Å². The van der Waals surface area contributed by atoms with Crippen LogP contribution in [0.3, 0.4) is 0 Å². The molecule has 1 aliphatic carbocycles. The molecule has 0 amide bonds. The van der Waals surface area contributed by atoms with Gasteiger partial charge in [-0.15, -0.1) is 0 Å². The van der Waals surface area contributed by atoms with E-state index in [0.29, 0.717) is 12.3 Å². The number of halogens is 2. The number of nitrogens with two attached hydrogens (primary N) is 1. The van der Waals surface area contributed by atoms with E-state index < -0.39 is 0 Å². The first-order valence-corrected chi connectivity index (χ1v) is 7.71. The first-order chi connectivity index (χ1) is 8.69. The van der Waals surface area contributed by atoms with E-state index in [1.807, 2.05) is 12.1 Å². The standard InChI is InChI=1S/C16H23BrFN/c1-11-7-15(2,3)10-16(19,8-11)9-12-4-5-13(17)6-14(12)18/h4-6,11H,7-10,19H2,1-3H3. The molecule has 2 unspecified atom stereocenters. The summed E-state index contributed by atoms with van der Waals surface area (Å²) in [5.41, 5.74) is 7.28. The number of hydrogen-bond donors (Lipinski definition) is 1. The van der Waals surface area contributed by atoms with Crippen LogP contribution < -0.4 is 5.73 Å². The number of hydrogen-bond acceptors (Lipinski definition) is 1. The maximum atomic E-state index is 14.0. The first-order valence-electron chi connectivity index (χ1n) is 6.92. The Morgan fingerprint density at radius 2 is 2.05 bits per heavy atom. The highest BCUT2D eigenvalue weighted by atomic mass is 79.9. The van der Waals surface area contributed by atoms with Gasteiger partial charge in [-0.2, -0.15) is 0 Å². The lowest BCUT2D eigenvalue weighted by Gasteiger charge is -2.46. The van der Waals surface area contributed by atoms with Gasteiger partial charge in [0.25, 0.3) is 0 Å². The smallest absolute Gasteiger partial charge is 0.127 e. The van der Waals surface area contributed by atoms with Crippen LogP contribution in [0.4, 0.5) is 4.39 Å². The molecule has 0 bridgehead atoms. The Morgan fingerprint density at radius 1 is 1.37 bits per heavy atom. The molecule has 1 aromatic rings. The van der Waals surface area contributed by atoms with Crippen molar-refractivity contribution in [1.29, 1.82) is 0 Å². The van der Waals surface area contributed by atoms with Crippen LogP contribution in [-0.4, -0.2) is 5.54 Å². The first kappa shape index (κ1) is 15.0. The Balaban J connectivity index is 2.21. The molecule has 0 radical (unpaired) electrons. The van der Waals surface area contributed by atoms with Crippen LogP contribution in [0.1, 0.15) is 45.6 Å². The van der Waals surface area contributed by atoms with E-state index in [2.05, 4.69) is 36.7 Å². The van der Waals surface area contributed by atoms with Crippen LogP contribution >= 0.6 is 15.9 Å². The van der Waals surface area contributed by atoms with Gasteiger partial charge in [-0.3, -0.25) is 0 Å². The Bertz CT molecular complexity index is 472. The second-order valence-electron chi connectivity index (χ2n) is 7.13. The maximum absolute atomic E-state index is 14.0. The molecule has 0 saturated heterocycles. The topological polar surface area (TPSA) is 26.0 Å². The van der Waals surface area contributed by atoms with E-state index in [1.54, 1.807) is 0 Å². The predicted octanol–water partition coefficient (Wildman–Crippen LogP) is 4.67. The second kappa shape index (κ2) is 5.17. The summed E-state index contributed by atoms with van der Waals surface area (Å²) in [5, 5.41) is 0. The zero-order valence-corrected chi connectivity index (χ0v) is 13.6. The lowest BCUT2D eigenvalue weighted by atomic mass is 9.63. The molecule has 2 atom stereocenters. The van der Waals surface area contributed by atoms with E-state index in [-0.39, 0.29) is 16.8 Å². The largest absolute Gasteiger partial charge is 0.325 e. The molecule has 3 heteroatoms. The van der Waals surface area contributed by atoms with Gasteiger partial charge in [0, 0.05) is 10.0 Å². The highest BCUT2D eigenvalue weighted by Crippen LogP contribution is 2.44. The second-order valence-corrected chi connectivity index (χ2v) is 8.04. The van der Waals surface area contributed by atoms with Crippen LogP contribution in [0.25, 0.3) is 0 Å². The molecule has 0 aromatic heterocycles. The van der Waals surface area contributed by atoms with Gasteiger partial charge in [-0.25, -0.2) is 4.39 Å². The summed E-state index contributed by atoms with van der Waals surface area (Å²) in [5.74, 6) is 0.447. The van der Waals surface area contributed by atoms with E-state index in [9.17, 15) is 4.39 Å². The Morgan fingerprint density at radius 3 is 2.63 bits per heavy atom. The lowest BCUT2D eigenvalue weighted by Crippen LogP contribution is -2.50. The third-order valence-corrected chi connectivity index (χ3v) is 4.54. The van der Waals surface area contributed by atoms with Gasteiger partial charge in [-0.05, 0) is 54.7 Å². The van der Waals surface area contributed by atoms with Crippen LogP contribution in [-0.2, 0) is 6.42 Å². The molecule has 1 saturated carbocycles. The Kier molecular flexibility index (Phi) is 4.08. The summed E-state index contributed by atoms with van der Waals surface area (Å²) in [4.78, 5) is 0. The number of benzene rings is 1. The monoisotopic (exact) mass is 327 g/mol.